The molecule has 1 aliphatic heterocycles. The molecule has 3 N–H and O–H groups in total. The molecule has 3 aromatic carbocycles. The third-order valence-electron chi connectivity index (χ3n) is 8.58. The van der Waals surface area contributed by atoms with Gasteiger partial charge in [-0.1, -0.05) is 18.2 Å². The molecule has 2 aromatic heterocycles. The Kier molecular flexibility index (Phi) is 12.4. The molecule has 12 nitrogen and oxygen atoms in total. The first-order chi connectivity index (χ1) is 26.4. The van der Waals surface area contributed by atoms with E-state index in [1.165, 1.54) is 24.0 Å². The molecule has 0 bridgehead atoms. The van der Waals surface area contributed by atoms with E-state index in [1.54, 1.807) is 18.3 Å². The van der Waals surface area contributed by atoms with Crippen LogP contribution in [0.2, 0.25) is 0 Å². The van der Waals surface area contributed by atoms with Crippen molar-refractivity contribution >= 4 is 39.2 Å². The van der Waals surface area contributed by atoms with Crippen LogP contribution in [0.15, 0.2) is 107 Å². The molecule has 1 fully saturated rings. The normalized spacial score (nSPS) is 13.7. The van der Waals surface area contributed by atoms with E-state index in [9.17, 15) is 31.5 Å². The van der Waals surface area contributed by atoms with Crippen LogP contribution in [0.3, 0.4) is 0 Å². The lowest BCUT2D eigenvalue weighted by Gasteiger charge is -2.35. The van der Waals surface area contributed by atoms with Gasteiger partial charge < -0.3 is 20.1 Å². The van der Waals surface area contributed by atoms with Gasteiger partial charge in [-0.2, -0.15) is 13.2 Å². The summed E-state index contributed by atoms with van der Waals surface area (Å²) in [7, 11) is -4.69. The Labute approximate surface area is 320 Å². The Hall–Kier alpha value is -5.39. The Morgan fingerprint density at radius 2 is 1.71 bits per heavy atom. The number of aromatic nitrogens is 3. The highest BCUT2D eigenvalue weighted by Gasteiger charge is 2.35. The number of benzene rings is 3. The van der Waals surface area contributed by atoms with Crippen LogP contribution in [0.25, 0.3) is 11.1 Å². The van der Waals surface area contributed by atoms with Crippen LogP contribution in [0, 0.1) is 0 Å². The molecule has 1 aliphatic rings. The SMILES string of the molecule is CCOc1cc(CN2CCN(c3ccc(C(=O)NS(=O)(=O)c4ccc(NCCSc5ccccc5)c(C(F)(F)F)c4)nn3)CC2)cc(-c2cncc(O)c2)c1. The van der Waals surface area contributed by atoms with Crippen molar-refractivity contribution in [1.82, 2.24) is 24.8 Å². The van der Waals surface area contributed by atoms with Gasteiger partial charge in [0.25, 0.3) is 15.9 Å². The molecule has 1 amide bonds. The highest BCUT2D eigenvalue weighted by molar-refractivity contribution is 7.99. The van der Waals surface area contributed by atoms with E-state index < -0.39 is 32.6 Å². The molecule has 288 valence electrons. The van der Waals surface area contributed by atoms with E-state index in [2.05, 4.69) is 25.4 Å². The number of carbonyl (C=O) groups is 1. The van der Waals surface area contributed by atoms with Crippen LogP contribution in [0.4, 0.5) is 24.7 Å². The fraction of sp³-hybridized carbons (Fsp3) is 0.263. The largest absolute Gasteiger partial charge is 0.506 e. The second kappa shape index (κ2) is 17.4. The predicted octanol–water partition coefficient (Wildman–Crippen LogP) is 6.31. The number of sulfonamides is 1. The van der Waals surface area contributed by atoms with E-state index in [1.807, 2.05) is 65.1 Å². The van der Waals surface area contributed by atoms with Crippen molar-refractivity contribution in [3.63, 3.8) is 0 Å². The van der Waals surface area contributed by atoms with Crippen molar-refractivity contribution in [3.05, 3.63) is 114 Å². The number of aromatic hydroxyl groups is 1. The third-order valence-corrected chi connectivity index (χ3v) is 10.9. The number of anilines is 2. The number of halogens is 3. The summed E-state index contributed by atoms with van der Waals surface area (Å²) in [5.41, 5.74) is 0.898. The van der Waals surface area contributed by atoms with Gasteiger partial charge >= 0.3 is 6.18 Å². The summed E-state index contributed by atoms with van der Waals surface area (Å²) in [6, 6.07) is 22.4. The molecule has 0 radical (unpaired) electrons. The number of piperazine rings is 1. The van der Waals surface area contributed by atoms with Crippen molar-refractivity contribution in [2.24, 2.45) is 0 Å². The molecule has 0 atom stereocenters. The van der Waals surface area contributed by atoms with Crippen LogP contribution < -0.4 is 19.7 Å². The molecule has 5 aromatic rings. The minimum atomic E-state index is -4.86. The number of hydrogen-bond donors (Lipinski definition) is 3. The number of amides is 1. The highest BCUT2D eigenvalue weighted by atomic mass is 32.2. The van der Waals surface area contributed by atoms with E-state index in [-0.39, 0.29) is 23.7 Å². The molecule has 0 unspecified atom stereocenters. The summed E-state index contributed by atoms with van der Waals surface area (Å²) in [5.74, 6) is 0.607. The first kappa shape index (κ1) is 39.3. The van der Waals surface area contributed by atoms with E-state index in [0.717, 1.165) is 33.7 Å². The average Bonchev–Trinajstić information content (AvgIpc) is 3.17. The maximum Gasteiger partial charge on any atom is 0.418 e. The zero-order valence-electron chi connectivity index (χ0n) is 29.7. The van der Waals surface area contributed by atoms with Gasteiger partial charge in [-0.05, 0) is 84.8 Å². The standard InChI is InChI=1S/C38H38F3N7O5S2/c1-2-53-30-19-26(18-27(21-30)28-20-29(49)24-42-23-28)25-47-13-15-48(16-14-47)36-11-10-35(44-45-36)37(50)46-55(51,52)32-8-9-34(33(22-32)38(39,40)41)43-12-17-54-31-6-4-3-5-7-31/h3-11,18-24,43,49H,2,12-17,25H2,1H3,(H,46,50). The van der Waals surface area contributed by atoms with Crippen molar-refractivity contribution < 1.29 is 36.2 Å². The van der Waals surface area contributed by atoms with Crippen molar-refractivity contribution in [3.8, 4) is 22.6 Å². The zero-order valence-corrected chi connectivity index (χ0v) is 31.3. The Balaban J connectivity index is 1.04. The average molecular weight is 794 g/mol. The first-order valence-corrected chi connectivity index (χ1v) is 19.8. The van der Waals surface area contributed by atoms with Gasteiger partial charge in [-0.3, -0.25) is 14.7 Å². The Morgan fingerprint density at radius 3 is 2.40 bits per heavy atom. The number of alkyl halides is 3. The highest BCUT2D eigenvalue weighted by Crippen LogP contribution is 2.36. The summed E-state index contributed by atoms with van der Waals surface area (Å²) < 4.78 is 75.7. The van der Waals surface area contributed by atoms with E-state index in [4.69, 9.17) is 4.74 Å². The molecule has 6 rings (SSSR count). The molecule has 1 saturated heterocycles. The number of carbonyl (C=O) groups excluding carboxylic acids is 1. The molecule has 55 heavy (non-hydrogen) atoms. The molecule has 0 saturated carbocycles. The minimum absolute atomic E-state index is 0.0705. The predicted molar refractivity (Wildman–Crippen MR) is 204 cm³/mol. The summed E-state index contributed by atoms with van der Waals surface area (Å²) >= 11 is 1.46. The van der Waals surface area contributed by atoms with Crippen LogP contribution in [0.5, 0.6) is 11.5 Å². The lowest BCUT2D eigenvalue weighted by Crippen LogP contribution is -2.46. The van der Waals surface area contributed by atoms with Crippen molar-refractivity contribution in [2.75, 3.05) is 55.3 Å². The number of ether oxygens (including phenoxy) is 1. The maximum atomic E-state index is 14.0. The van der Waals surface area contributed by atoms with Gasteiger partial charge in [0, 0.05) is 67.4 Å². The number of rotatable bonds is 14. The van der Waals surface area contributed by atoms with Crippen LogP contribution in [-0.2, 0) is 22.7 Å². The molecule has 3 heterocycles. The van der Waals surface area contributed by atoms with Crippen LogP contribution in [0.1, 0.15) is 28.5 Å². The second-order valence-electron chi connectivity index (χ2n) is 12.5. The lowest BCUT2D eigenvalue weighted by atomic mass is 10.0. The van der Waals surface area contributed by atoms with E-state index >= 15 is 0 Å². The van der Waals surface area contributed by atoms with Gasteiger partial charge in [0.2, 0.25) is 0 Å². The second-order valence-corrected chi connectivity index (χ2v) is 15.3. The lowest BCUT2D eigenvalue weighted by molar-refractivity contribution is -0.137. The van der Waals surface area contributed by atoms with Gasteiger partial charge in [0.15, 0.2) is 11.5 Å². The fourth-order valence-corrected chi connectivity index (χ4v) is 7.72. The zero-order chi connectivity index (χ0) is 39.0. The third kappa shape index (κ3) is 10.4. The van der Waals surface area contributed by atoms with Gasteiger partial charge in [-0.25, -0.2) is 13.1 Å². The topological polar surface area (TPSA) is 150 Å². The van der Waals surface area contributed by atoms with Crippen molar-refractivity contribution in [2.45, 2.75) is 29.4 Å². The molecule has 17 heteroatoms. The summed E-state index contributed by atoms with van der Waals surface area (Å²) in [4.78, 5) is 21.5. The number of thioether (sulfide) groups is 1. The van der Waals surface area contributed by atoms with Gasteiger partial charge in [0.05, 0.1) is 23.3 Å². The summed E-state index contributed by atoms with van der Waals surface area (Å²) in [6.07, 6.45) is -1.80. The summed E-state index contributed by atoms with van der Waals surface area (Å²) in [6.45, 7) is 5.82. The van der Waals surface area contributed by atoms with Gasteiger partial charge in [-0.15, -0.1) is 22.0 Å². The monoisotopic (exact) mass is 793 g/mol. The minimum Gasteiger partial charge on any atom is -0.506 e. The van der Waals surface area contributed by atoms with E-state index in [0.29, 0.717) is 62.7 Å². The van der Waals surface area contributed by atoms with Gasteiger partial charge in [0.1, 0.15) is 11.5 Å². The molecule has 0 aliphatic carbocycles. The smallest absolute Gasteiger partial charge is 0.418 e. The number of hydrogen-bond acceptors (Lipinski definition) is 12. The molecule has 0 spiro atoms. The van der Waals surface area contributed by atoms with Crippen LogP contribution in [-0.4, -0.2) is 84.6 Å². The Morgan fingerprint density at radius 1 is 0.927 bits per heavy atom. The number of nitrogens with one attached hydrogen (secondary N) is 2. The first-order valence-electron chi connectivity index (χ1n) is 17.3. The Bertz CT molecular complexity index is 2210. The molecular formula is C38H38F3N7O5S2. The van der Waals surface area contributed by atoms with Crippen LogP contribution >= 0.6 is 11.8 Å². The van der Waals surface area contributed by atoms with Crippen molar-refractivity contribution in [1.29, 1.82) is 0 Å². The number of pyridine rings is 1. The quantitative estimate of drug-likeness (QED) is 0.0855. The maximum absolute atomic E-state index is 14.0. The fourth-order valence-electron chi connectivity index (χ4n) is 5.95. The number of nitrogens with zero attached hydrogens (tertiary/aromatic N) is 5. The molecular weight excluding hydrogens is 756 g/mol. The summed E-state index contributed by atoms with van der Waals surface area (Å²) in [5, 5.41) is 20.7.